The number of hydrogen-bond donors (Lipinski definition) is 4. The van der Waals surface area contributed by atoms with Crippen LogP contribution < -0.4 is 22.3 Å². The van der Waals surface area contributed by atoms with Crippen molar-refractivity contribution in [1.29, 1.82) is 10.5 Å². The van der Waals surface area contributed by atoms with Crippen LogP contribution in [0.4, 0.5) is 22.1 Å². The van der Waals surface area contributed by atoms with E-state index in [2.05, 4.69) is 20.2 Å². The highest BCUT2D eigenvalue weighted by Crippen LogP contribution is 2.36. The number of nitrogens with zero attached hydrogens (tertiary/aromatic N) is 4. The lowest BCUT2D eigenvalue weighted by molar-refractivity contribution is 0.0533. The van der Waals surface area contributed by atoms with Crippen LogP contribution in [0.3, 0.4) is 0 Å². The number of aromatic nitrogens is 2. The molecule has 0 radical (unpaired) electrons. The second kappa shape index (κ2) is 9.30. The molecule has 0 aliphatic carbocycles. The number of nitriles is 2. The van der Waals surface area contributed by atoms with Crippen molar-refractivity contribution < 1.29 is 9.53 Å². The van der Waals surface area contributed by atoms with E-state index in [1.807, 2.05) is 12.1 Å². The van der Waals surface area contributed by atoms with E-state index in [-0.39, 0.29) is 17.2 Å². The molecule has 1 aromatic carbocycles. The molecular weight excluding hydrogens is 436 g/mol. The molecule has 0 atom stereocenters. The van der Waals surface area contributed by atoms with Crippen LogP contribution in [0.1, 0.15) is 33.2 Å². The SMILES string of the molecule is CCOC(=O)c1snc(-c2cc(NNc3sc(C(C#N)C#N)nc3C)ccc2N)c1N. The van der Waals surface area contributed by atoms with Gasteiger partial charge in [-0.1, -0.05) is 11.3 Å². The maximum absolute atomic E-state index is 12.0. The Bertz CT molecular complexity index is 1190. The van der Waals surface area contributed by atoms with Crippen molar-refractivity contribution in [3.63, 3.8) is 0 Å². The van der Waals surface area contributed by atoms with Gasteiger partial charge >= 0.3 is 5.97 Å². The number of anilines is 4. The fourth-order valence-corrected chi connectivity index (χ4v) is 4.22. The Hall–Kier alpha value is -3.87. The monoisotopic (exact) mass is 454 g/mol. The number of nitrogens with two attached hydrogens (primary N) is 2. The Balaban J connectivity index is 1.83. The molecule has 12 heteroatoms. The summed E-state index contributed by atoms with van der Waals surface area (Å²) in [4.78, 5) is 16.5. The molecule has 0 aliphatic heterocycles. The molecule has 31 heavy (non-hydrogen) atoms. The van der Waals surface area contributed by atoms with E-state index in [1.54, 1.807) is 32.0 Å². The molecule has 2 heterocycles. The molecular formula is C19H18N8O2S2. The molecule has 0 aliphatic rings. The van der Waals surface area contributed by atoms with Crippen LogP contribution in [-0.4, -0.2) is 21.9 Å². The van der Waals surface area contributed by atoms with Gasteiger partial charge in [-0.3, -0.25) is 5.43 Å². The summed E-state index contributed by atoms with van der Waals surface area (Å²) in [5.74, 6) is -1.44. The first-order chi connectivity index (χ1) is 14.9. The summed E-state index contributed by atoms with van der Waals surface area (Å²) < 4.78 is 9.28. The predicted molar refractivity (Wildman–Crippen MR) is 120 cm³/mol. The molecule has 0 saturated carbocycles. The lowest BCUT2D eigenvalue weighted by Crippen LogP contribution is -2.09. The number of carbonyl (C=O) groups is 1. The fourth-order valence-electron chi connectivity index (χ4n) is 2.60. The third-order valence-electron chi connectivity index (χ3n) is 4.14. The molecule has 3 aromatic rings. The van der Waals surface area contributed by atoms with E-state index in [1.165, 1.54) is 11.3 Å². The Kier molecular flexibility index (Phi) is 6.55. The standard InChI is InChI=1S/C19H18N8O2S2/c1-3-29-19(28)16-14(23)15(27-31-16)12-6-11(4-5-13(12)22)25-26-17-9(2)24-18(30-17)10(7-20)8-21/h4-6,10,25-26H,3,22-23H2,1-2H3. The van der Waals surface area contributed by atoms with Crippen LogP contribution >= 0.6 is 22.9 Å². The topological polar surface area (TPSA) is 176 Å². The smallest absolute Gasteiger partial charge is 0.352 e. The van der Waals surface area contributed by atoms with Gasteiger partial charge in [-0.15, -0.1) is 0 Å². The highest BCUT2D eigenvalue weighted by atomic mass is 32.1. The van der Waals surface area contributed by atoms with Crippen molar-refractivity contribution in [2.45, 2.75) is 19.8 Å². The molecule has 0 unspecified atom stereocenters. The molecule has 0 bridgehead atoms. The third-order valence-corrected chi connectivity index (χ3v) is 6.12. The first-order valence-corrected chi connectivity index (χ1v) is 10.6. The van der Waals surface area contributed by atoms with Gasteiger partial charge in [0.1, 0.15) is 15.7 Å². The summed E-state index contributed by atoms with van der Waals surface area (Å²) in [6, 6.07) is 9.01. The van der Waals surface area contributed by atoms with Crippen LogP contribution in [0.25, 0.3) is 11.3 Å². The average molecular weight is 455 g/mol. The Morgan fingerprint density at radius 2 is 2.03 bits per heavy atom. The molecule has 2 aromatic heterocycles. The van der Waals surface area contributed by atoms with Gasteiger partial charge in [0.05, 0.1) is 35.8 Å². The van der Waals surface area contributed by atoms with Gasteiger partial charge in [-0.2, -0.15) is 14.9 Å². The van der Waals surface area contributed by atoms with Gasteiger partial charge in [0.2, 0.25) is 0 Å². The minimum absolute atomic E-state index is 0.210. The zero-order chi connectivity index (χ0) is 22.5. The quantitative estimate of drug-likeness (QED) is 0.235. The number of carbonyl (C=O) groups excluding carboxylic acids is 1. The van der Waals surface area contributed by atoms with Crippen LogP contribution in [0, 0.1) is 29.6 Å². The number of hydrazine groups is 1. The molecule has 3 rings (SSSR count). The van der Waals surface area contributed by atoms with Crippen molar-refractivity contribution in [2.24, 2.45) is 0 Å². The molecule has 10 nitrogen and oxygen atoms in total. The lowest BCUT2D eigenvalue weighted by atomic mass is 10.1. The van der Waals surface area contributed by atoms with Crippen LogP contribution in [-0.2, 0) is 4.74 Å². The van der Waals surface area contributed by atoms with E-state index < -0.39 is 11.9 Å². The second-order valence-corrected chi connectivity index (χ2v) is 8.01. The Morgan fingerprint density at radius 3 is 2.71 bits per heavy atom. The van der Waals surface area contributed by atoms with Crippen molar-refractivity contribution in [2.75, 3.05) is 28.9 Å². The van der Waals surface area contributed by atoms with Crippen molar-refractivity contribution >= 4 is 50.9 Å². The minimum Gasteiger partial charge on any atom is -0.462 e. The van der Waals surface area contributed by atoms with E-state index >= 15 is 0 Å². The number of rotatable bonds is 7. The van der Waals surface area contributed by atoms with Crippen LogP contribution in [0.15, 0.2) is 18.2 Å². The number of aryl methyl sites for hydroxylation is 1. The number of ether oxygens (including phenoxy) is 1. The lowest BCUT2D eigenvalue weighted by Gasteiger charge is -2.11. The number of hydrogen-bond acceptors (Lipinski definition) is 12. The molecule has 0 amide bonds. The number of benzene rings is 1. The molecule has 0 fully saturated rings. The van der Waals surface area contributed by atoms with Gasteiger partial charge in [0.15, 0.2) is 10.8 Å². The van der Waals surface area contributed by atoms with Gasteiger partial charge < -0.3 is 21.6 Å². The molecule has 0 saturated heterocycles. The summed E-state index contributed by atoms with van der Waals surface area (Å²) in [5, 5.41) is 19.2. The highest BCUT2D eigenvalue weighted by Gasteiger charge is 2.21. The maximum atomic E-state index is 12.0. The van der Waals surface area contributed by atoms with Crippen molar-refractivity contribution in [3.8, 4) is 23.4 Å². The second-order valence-electron chi connectivity index (χ2n) is 6.20. The van der Waals surface area contributed by atoms with E-state index in [0.29, 0.717) is 38.3 Å². The summed E-state index contributed by atoms with van der Waals surface area (Å²) in [6.07, 6.45) is 0. The maximum Gasteiger partial charge on any atom is 0.352 e. The molecule has 6 N–H and O–H groups in total. The van der Waals surface area contributed by atoms with Gasteiger partial charge in [-0.25, -0.2) is 9.78 Å². The zero-order valence-corrected chi connectivity index (χ0v) is 18.2. The summed E-state index contributed by atoms with van der Waals surface area (Å²) in [6.45, 7) is 3.72. The summed E-state index contributed by atoms with van der Waals surface area (Å²) in [5.41, 5.74) is 21.2. The number of esters is 1. The van der Waals surface area contributed by atoms with Crippen molar-refractivity contribution in [3.05, 3.63) is 33.8 Å². The summed E-state index contributed by atoms with van der Waals surface area (Å²) >= 11 is 2.17. The van der Waals surface area contributed by atoms with E-state index in [0.717, 1.165) is 11.5 Å². The zero-order valence-electron chi connectivity index (χ0n) is 16.6. The average Bonchev–Trinajstić information content (AvgIpc) is 3.31. The molecule has 158 valence electrons. The largest absolute Gasteiger partial charge is 0.462 e. The first-order valence-electron chi connectivity index (χ1n) is 9.00. The summed E-state index contributed by atoms with van der Waals surface area (Å²) in [7, 11) is 0. The first kappa shape index (κ1) is 21.8. The third kappa shape index (κ3) is 4.50. The fraction of sp³-hybridized carbons (Fsp3) is 0.211. The number of nitrogens with one attached hydrogen (secondary N) is 2. The van der Waals surface area contributed by atoms with E-state index in [9.17, 15) is 4.79 Å². The van der Waals surface area contributed by atoms with Gasteiger partial charge in [0.25, 0.3) is 0 Å². The predicted octanol–water partition coefficient (Wildman–Crippen LogP) is 3.49. The van der Waals surface area contributed by atoms with Gasteiger partial charge in [0, 0.05) is 11.3 Å². The number of nitrogen functional groups attached to an aromatic ring is 2. The van der Waals surface area contributed by atoms with Crippen LogP contribution in [0.5, 0.6) is 0 Å². The minimum atomic E-state index is -0.913. The van der Waals surface area contributed by atoms with Crippen molar-refractivity contribution in [1.82, 2.24) is 9.36 Å². The number of thiazole rings is 1. The Labute approximate surface area is 186 Å². The van der Waals surface area contributed by atoms with Crippen LogP contribution in [0.2, 0.25) is 0 Å². The normalized spacial score (nSPS) is 10.4. The van der Waals surface area contributed by atoms with Gasteiger partial charge in [-0.05, 0) is 43.6 Å². The van der Waals surface area contributed by atoms with E-state index in [4.69, 9.17) is 26.7 Å². The highest BCUT2D eigenvalue weighted by molar-refractivity contribution is 7.16. The molecule has 0 spiro atoms. The Morgan fingerprint density at radius 1 is 1.29 bits per heavy atom.